The van der Waals surface area contributed by atoms with Crippen LogP contribution in [-0.4, -0.2) is 35.5 Å². The molecule has 0 aliphatic carbocycles. The molecule has 1 amide bonds. The predicted octanol–water partition coefficient (Wildman–Crippen LogP) is 2.10. The van der Waals surface area contributed by atoms with Gasteiger partial charge < -0.3 is 10.2 Å². The maximum absolute atomic E-state index is 12.0. The van der Waals surface area contributed by atoms with Gasteiger partial charge in [0.15, 0.2) is 0 Å². The summed E-state index contributed by atoms with van der Waals surface area (Å²) in [5, 5.41) is 2.89. The van der Waals surface area contributed by atoms with Gasteiger partial charge in [-0.3, -0.25) is 4.79 Å². The van der Waals surface area contributed by atoms with E-state index in [0.717, 1.165) is 18.9 Å². The van der Waals surface area contributed by atoms with Crippen LogP contribution in [0.15, 0.2) is 12.4 Å². The number of piperidine rings is 1. The Bertz CT molecular complexity index is 461. The molecule has 0 radical (unpaired) electrons. The van der Waals surface area contributed by atoms with E-state index in [1.54, 1.807) is 6.07 Å². The standard InChI is InChI=1S/C15H24N4O/c1-11(2)8-16-15(20)13-7-14(18-10-17-13)19-6-4-5-12(3)9-19/h7,10-12H,4-6,8-9H2,1-3H3,(H,16,20). The van der Waals surface area contributed by atoms with Gasteiger partial charge in [0.2, 0.25) is 0 Å². The van der Waals surface area contributed by atoms with Crippen molar-refractivity contribution in [3.8, 4) is 0 Å². The molecule has 1 fully saturated rings. The summed E-state index contributed by atoms with van der Waals surface area (Å²) in [5.41, 5.74) is 0.453. The third-order valence-electron chi connectivity index (χ3n) is 3.54. The van der Waals surface area contributed by atoms with Gasteiger partial charge in [0.1, 0.15) is 17.8 Å². The maximum atomic E-state index is 12.0. The van der Waals surface area contributed by atoms with Crippen LogP contribution in [0.3, 0.4) is 0 Å². The van der Waals surface area contributed by atoms with Gasteiger partial charge in [-0.05, 0) is 24.7 Å². The summed E-state index contributed by atoms with van der Waals surface area (Å²) < 4.78 is 0. The minimum Gasteiger partial charge on any atom is -0.356 e. The molecule has 1 saturated heterocycles. The molecule has 1 aliphatic heterocycles. The van der Waals surface area contributed by atoms with Crippen LogP contribution in [0.2, 0.25) is 0 Å². The quantitative estimate of drug-likeness (QED) is 0.915. The molecule has 20 heavy (non-hydrogen) atoms. The van der Waals surface area contributed by atoms with Crippen molar-refractivity contribution < 1.29 is 4.79 Å². The highest BCUT2D eigenvalue weighted by molar-refractivity contribution is 5.92. The van der Waals surface area contributed by atoms with Crippen molar-refractivity contribution in [3.63, 3.8) is 0 Å². The van der Waals surface area contributed by atoms with Crippen LogP contribution >= 0.6 is 0 Å². The summed E-state index contributed by atoms with van der Waals surface area (Å²) in [7, 11) is 0. The normalized spacial score (nSPS) is 19.2. The molecule has 1 aromatic rings. The molecule has 0 spiro atoms. The van der Waals surface area contributed by atoms with E-state index >= 15 is 0 Å². The second-order valence-electron chi connectivity index (χ2n) is 6.06. The second-order valence-corrected chi connectivity index (χ2v) is 6.06. The Morgan fingerprint density at radius 3 is 3.00 bits per heavy atom. The highest BCUT2D eigenvalue weighted by Gasteiger charge is 2.19. The van der Waals surface area contributed by atoms with Crippen molar-refractivity contribution in [1.82, 2.24) is 15.3 Å². The lowest BCUT2D eigenvalue weighted by Gasteiger charge is -2.31. The van der Waals surface area contributed by atoms with Crippen molar-refractivity contribution >= 4 is 11.7 Å². The maximum Gasteiger partial charge on any atom is 0.270 e. The first-order chi connectivity index (χ1) is 9.56. The van der Waals surface area contributed by atoms with E-state index in [-0.39, 0.29) is 5.91 Å². The number of carbonyl (C=O) groups excluding carboxylic acids is 1. The van der Waals surface area contributed by atoms with Crippen LogP contribution in [0.25, 0.3) is 0 Å². The topological polar surface area (TPSA) is 58.1 Å². The summed E-state index contributed by atoms with van der Waals surface area (Å²) in [4.78, 5) is 22.7. The first-order valence-electron chi connectivity index (χ1n) is 7.41. The fourth-order valence-corrected chi connectivity index (χ4v) is 2.43. The van der Waals surface area contributed by atoms with Crippen LogP contribution in [0.1, 0.15) is 44.1 Å². The first-order valence-corrected chi connectivity index (χ1v) is 7.41. The van der Waals surface area contributed by atoms with Gasteiger partial charge in [0, 0.05) is 25.7 Å². The molecular weight excluding hydrogens is 252 g/mol. The molecule has 0 aromatic carbocycles. The average molecular weight is 276 g/mol. The lowest BCUT2D eigenvalue weighted by atomic mass is 10.0. The second kappa shape index (κ2) is 6.68. The molecule has 1 aliphatic rings. The highest BCUT2D eigenvalue weighted by atomic mass is 16.1. The lowest BCUT2D eigenvalue weighted by Crippen LogP contribution is -2.35. The molecular formula is C15H24N4O. The Morgan fingerprint density at radius 2 is 2.30 bits per heavy atom. The van der Waals surface area contributed by atoms with Crippen LogP contribution < -0.4 is 10.2 Å². The Morgan fingerprint density at radius 1 is 1.50 bits per heavy atom. The summed E-state index contributed by atoms with van der Waals surface area (Å²) in [6.45, 7) is 9.07. The number of aromatic nitrogens is 2. The molecule has 1 N–H and O–H groups in total. The molecule has 1 unspecified atom stereocenters. The molecule has 2 rings (SSSR count). The monoisotopic (exact) mass is 276 g/mol. The van der Waals surface area contributed by atoms with E-state index in [4.69, 9.17) is 0 Å². The predicted molar refractivity (Wildman–Crippen MR) is 79.8 cm³/mol. The minimum atomic E-state index is -0.118. The van der Waals surface area contributed by atoms with E-state index in [1.807, 2.05) is 0 Å². The Balaban J connectivity index is 2.05. The molecule has 1 aromatic heterocycles. The largest absolute Gasteiger partial charge is 0.356 e. The van der Waals surface area contributed by atoms with Crippen molar-refractivity contribution in [2.24, 2.45) is 11.8 Å². The van der Waals surface area contributed by atoms with Gasteiger partial charge in [0.25, 0.3) is 5.91 Å². The van der Waals surface area contributed by atoms with Gasteiger partial charge in [-0.1, -0.05) is 20.8 Å². The number of nitrogens with one attached hydrogen (secondary N) is 1. The first kappa shape index (κ1) is 14.8. The molecule has 1 atom stereocenters. The number of carbonyl (C=O) groups is 1. The number of anilines is 1. The molecule has 5 nitrogen and oxygen atoms in total. The minimum absolute atomic E-state index is 0.118. The number of rotatable bonds is 4. The van der Waals surface area contributed by atoms with E-state index in [9.17, 15) is 4.79 Å². The summed E-state index contributed by atoms with van der Waals surface area (Å²) in [6, 6.07) is 1.80. The van der Waals surface area contributed by atoms with Crippen molar-refractivity contribution in [1.29, 1.82) is 0 Å². The summed E-state index contributed by atoms with van der Waals surface area (Å²) in [5.74, 6) is 1.86. The van der Waals surface area contributed by atoms with E-state index < -0.39 is 0 Å². The summed E-state index contributed by atoms with van der Waals surface area (Å²) in [6.07, 6.45) is 3.93. The van der Waals surface area contributed by atoms with Gasteiger partial charge in [-0.15, -0.1) is 0 Å². The smallest absolute Gasteiger partial charge is 0.270 e. The Kier molecular flexibility index (Phi) is 4.93. The number of nitrogens with zero attached hydrogens (tertiary/aromatic N) is 3. The van der Waals surface area contributed by atoms with E-state index in [1.165, 1.54) is 19.2 Å². The van der Waals surface area contributed by atoms with Gasteiger partial charge in [-0.25, -0.2) is 9.97 Å². The zero-order valence-corrected chi connectivity index (χ0v) is 12.6. The molecule has 110 valence electrons. The zero-order chi connectivity index (χ0) is 14.5. The highest BCUT2D eigenvalue weighted by Crippen LogP contribution is 2.21. The molecule has 2 heterocycles. The van der Waals surface area contributed by atoms with Crippen LogP contribution in [0.5, 0.6) is 0 Å². The Hall–Kier alpha value is -1.65. The van der Waals surface area contributed by atoms with Gasteiger partial charge >= 0.3 is 0 Å². The molecule has 5 heteroatoms. The van der Waals surface area contributed by atoms with Gasteiger partial charge in [0.05, 0.1) is 0 Å². The average Bonchev–Trinajstić information content (AvgIpc) is 2.45. The van der Waals surface area contributed by atoms with Crippen molar-refractivity contribution in [2.45, 2.75) is 33.6 Å². The molecule has 0 saturated carbocycles. The van der Waals surface area contributed by atoms with Gasteiger partial charge in [-0.2, -0.15) is 0 Å². The summed E-state index contributed by atoms with van der Waals surface area (Å²) >= 11 is 0. The lowest BCUT2D eigenvalue weighted by molar-refractivity contribution is 0.0944. The third kappa shape index (κ3) is 3.92. The molecule has 0 bridgehead atoms. The van der Waals surface area contributed by atoms with Crippen molar-refractivity contribution in [3.05, 3.63) is 18.1 Å². The van der Waals surface area contributed by atoms with Crippen LogP contribution in [0, 0.1) is 11.8 Å². The van der Waals surface area contributed by atoms with Crippen LogP contribution in [0.4, 0.5) is 5.82 Å². The van der Waals surface area contributed by atoms with E-state index in [0.29, 0.717) is 24.1 Å². The SMILES string of the molecule is CC(C)CNC(=O)c1cc(N2CCCC(C)C2)ncn1. The number of hydrogen-bond donors (Lipinski definition) is 1. The Labute approximate surface area is 120 Å². The van der Waals surface area contributed by atoms with E-state index in [2.05, 4.69) is 41.0 Å². The fraction of sp³-hybridized carbons (Fsp3) is 0.667. The van der Waals surface area contributed by atoms with Crippen molar-refractivity contribution in [2.75, 3.05) is 24.5 Å². The number of amides is 1. The zero-order valence-electron chi connectivity index (χ0n) is 12.6. The number of hydrogen-bond acceptors (Lipinski definition) is 4. The van der Waals surface area contributed by atoms with Crippen LogP contribution in [-0.2, 0) is 0 Å². The fourth-order valence-electron chi connectivity index (χ4n) is 2.43. The third-order valence-corrected chi connectivity index (χ3v) is 3.54.